The van der Waals surface area contributed by atoms with Crippen molar-refractivity contribution < 1.29 is 14.3 Å². The van der Waals surface area contributed by atoms with Gasteiger partial charge in [0.2, 0.25) is 0 Å². The Morgan fingerprint density at radius 2 is 2.14 bits per heavy atom. The number of rotatable bonds is 6. The highest BCUT2D eigenvalue weighted by molar-refractivity contribution is 7.98. The first-order valence-corrected chi connectivity index (χ1v) is 7.67. The summed E-state index contributed by atoms with van der Waals surface area (Å²) in [6.07, 6.45) is 0.402. The zero-order valence-electron chi connectivity index (χ0n) is 12.1. The minimum Gasteiger partial charge on any atom is -0.497 e. The van der Waals surface area contributed by atoms with E-state index in [0.29, 0.717) is 18.0 Å². The highest BCUT2D eigenvalue weighted by atomic mass is 32.2. The van der Waals surface area contributed by atoms with Crippen LogP contribution < -0.4 is 10.5 Å². The normalized spacial score (nSPS) is 10.6. The van der Waals surface area contributed by atoms with Gasteiger partial charge in [-0.05, 0) is 18.2 Å². The van der Waals surface area contributed by atoms with Crippen molar-refractivity contribution in [1.29, 1.82) is 0 Å². The summed E-state index contributed by atoms with van der Waals surface area (Å²) in [5, 5.41) is 1.02. The van der Waals surface area contributed by atoms with Gasteiger partial charge in [-0.2, -0.15) is 11.8 Å². The van der Waals surface area contributed by atoms with E-state index in [1.807, 2.05) is 24.3 Å². The number of pyridine rings is 1. The molecule has 1 heterocycles. The Morgan fingerprint density at radius 1 is 1.33 bits per heavy atom. The number of thioether (sulfide) groups is 1. The average Bonchev–Trinajstić information content (AvgIpc) is 2.50. The van der Waals surface area contributed by atoms with Crippen LogP contribution >= 0.6 is 11.8 Å². The zero-order valence-corrected chi connectivity index (χ0v) is 12.9. The van der Waals surface area contributed by atoms with Crippen LogP contribution in [0.25, 0.3) is 10.9 Å². The quantitative estimate of drug-likeness (QED) is 0.653. The van der Waals surface area contributed by atoms with Gasteiger partial charge in [0.05, 0.1) is 26.2 Å². The number of methoxy groups -OCH3 is 2. The molecule has 112 valence electrons. The van der Waals surface area contributed by atoms with Gasteiger partial charge in [-0.25, -0.2) is 4.98 Å². The van der Waals surface area contributed by atoms with Gasteiger partial charge < -0.3 is 15.2 Å². The molecule has 0 fully saturated rings. The van der Waals surface area contributed by atoms with Crippen LogP contribution in [0.5, 0.6) is 5.75 Å². The number of fused-ring (bicyclic) bond motifs is 1. The summed E-state index contributed by atoms with van der Waals surface area (Å²) in [6, 6.07) is 7.75. The second-order valence-corrected chi connectivity index (χ2v) is 5.58. The van der Waals surface area contributed by atoms with Gasteiger partial charge in [-0.3, -0.25) is 4.79 Å². The number of nitrogens with two attached hydrogens (primary N) is 1. The summed E-state index contributed by atoms with van der Waals surface area (Å²) >= 11 is 1.63. The summed E-state index contributed by atoms with van der Waals surface area (Å²) in [5.41, 5.74) is 7.78. The summed E-state index contributed by atoms with van der Waals surface area (Å²) in [4.78, 5) is 15.4. The summed E-state index contributed by atoms with van der Waals surface area (Å²) < 4.78 is 9.78. The fraction of sp³-hybridized carbons (Fsp3) is 0.333. The average molecular weight is 306 g/mol. The molecule has 6 heteroatoms. The predicted octanol–water partition coefficient (Wildman–Crippen LogP) is 2.62. The smallest absolute Gasteiger partial charge is 0.306 e. The van der Waals surface area contributed by atoms with Crippen LogP contribution in [0.4, 0.5) is 5.82 Å². The molecule has 1 aromatic carbocycles. The van der Waals surface area contributed by atoms with Crippen molar-refractivity contribution in [1.82, 2.24) is 4.98 Å². The first-order valence-electron chi connectivity index (χ1n) is 6.51. The Hall–Kier alpha value is -1.95. The molecule has 1 aromatic heterocycles. The van der Waals surface area contributed by atoms with Crippen LogP contribution in [0.2, 0.25) is 0 Å². The minimum absolute atomic E-state index is 0.195. The lowest BCUT2D eigenvalue weighted by molar-refractivity contribution is -0.140. The lowest BCUT2D eigenvalue weighted by atomic mass is 10.1. The monoisotopic (exact) mass is 306 g/mol. The number of hydrogen-bond donors (Lipinski definition) is 1. The number of carbonyl (C=O) groups is 1. The van der Waals surface area contributed by atoms with Crippen LogP contribution in [0, 0.1) is 0 Å². The van der Waals surface area contributed by atoms with E-state index < -0.39 is 0 Å². The van der Waals surface area contributed by atoms with Gasteiger partial charge in [0.1, 0.15) is 11.6 Å². The molecule has 0 saturated carbocycles. The molecule has 0 unspecified atom stereocenters. The van der Waals surface area contributed by atoms with E-state index in [-0.39, 0.29) is 5.97 Å². The Morgan fingerprint density at radius 3 is 2.86 bits per heavy atom. The number of nitrogen functional groups attached to an aromatic ring is 1. The number of carbonyl (C=O) groups excluding carboxylic acids is 1. The Kier molecular flexibility index (Phi) is 5.27. The van der Waals surface area contributed by atoms with Gasteiger partial charge in [0, 0.05) is 28.5 Å². The van der Waals surface area contributed by atoms with Crippen LogP contribution in [-0.2, 0) is 15.3 Å². The molecule has 0 saturated heterocycles. The largest absolute Gasteiger partial charge is 0.497 e. The highest BCUT2D eigenvalue weighted by Crippen LogP contribution is 2.25. The third-order valence-electron chi connectivity index (χ3n) is 3.07. The Labute approximate surface area is 127 Å². The van der Waals surface area contributed by atoms with Gasteiger partial charge in [-0.1, -0.05) is 0 Å². The standard InChI is InChI=1S/C15H18N2O3S/c1-19-12-4-3-10-7-11(15(16)17-13(10)8-12)9-21-6-5-14(18)20-2/h3-4,7-8H,5-6,9H2,1-2H3,(H2,16,17). The molecule has 0 atom stereocenters. The molecular weight excluding hydrogens is 288 g/mol. The van der Waals surface area contributed by atoms with Gasteiger partial charge in [0.15, 0.2) is 0 Å². The van der Waals surface area contributed by atoms with E-state index in [1.165, 1.54) is 7.11 Å². The van der Waals surface area contributed by atoms with E-state index >= 15 is 0 Å². The second-order valence-electron chi connectivity index (χ2n) is 4.47. The first kappa shape index (κ1) is 15.4. The van der Waals surface area contributed by atoms with Crippen LogP contribution in [-0.4, -0.2) is 30.9 Å². The fourth-order valence-electron chi connectivity index (χ4n) is 1.89. The summed E-state index contributed by atoms with van der Waals surface area (Å²) in [5.74, 6) is 2.50. The number of benzene rings is 1. The summed E-state index contributed by atoms with van der Waals surface area (Å²) in [7, 11) is 3.02. The van der Waals surface area contributed by atoms with Crippen molar-refractivity contribution in [2.75, 3.05) is 25.7 Å². The fourth-order valence-corrected chi connectivity index (χ4v) is 2.79. The molecule has 2 rings (SSSR count). The molecular formula is C15H18N2O3S. The number of anilines is 1. The Bertz CT molecular complexity index is 646. The van der Waals surface area contributed by atoms with Crippen LogP contribution in [0.3, 0.4) is 0 Å². The predicted molar refractivity (Wildman–Crippen MR) is 85.5 cm³/mol. The first-order chi connectivity index (χ1) is 10.1. The molecule has 2 aromatic rings. The third-order valence-corrected chi connectivity index (χ3v) is 4.08. The van der Waals surface area contributed by atoms with Crippen molar-refractivity contribution in [3.8, 4) is 5.75 Å². The molecule has 0 aliphatic rings. The van der Waals surface area contributed by atoms with Gasteiger partial charge in [0.25, 0.3) is 0 Å². The number of nitrogens with zero attached hydrogens (tertiary/aromatic N) is 1. The van der Waals surface area contributed by atoms with Crippen molar-refractivity contribution >= 4 is 34.5 Å². The minimum atomic E-state index is -0.195. The molecule has 2 N–H and O–H groups in total. The van der Waals surface area contributed by atoms with Gasteiger partial charge >= 0.3 is 5.97 Å². The van der Waals surface area contributed by atoms with Crippen molar-refractivity contribution in [3.05, 3.63) is 29.8 Å². The lowest BCUT2D eigenvalue weighted by Crippen LogP contribution is -2.02. The maximum absolute atomic E-state index is 11.0. The molecule has 0 radical (unpaired) electrons. The van der Waals surface area contributed by atoms with E-state index in [2.05, 4.69) is 9.72 Å². The maximum Gasteiger partial charge on any atom is 0.306 e. The number of esters is 1. The molecule has 0 bridgehead atoms. The van der Waals surface area contributed by atoms with Gasteiger partial charge in [-0.15, -0.1) is 0 Å². The number of ether oxygens (including phenoxy) is 2. The topological polar surface area (TPSA) is 74.4 Å². The second kappa shape index (κ2) is 7.17. The molecule has 0 aliphatic heterocycles. The zero-order chi connectivity index (χ0) is 15.2. The number of aromatic nitrogens is 1. The van der Waals surface area contributed by atoms with Crippen LogP contribution in [0.1, 0.15) is 12.0 Å². The highest BCUT2D eigenvalue weighted by Gasteiger charge is 2.06. The molecule has 0 aliphatic carbocycles. The van der Waals surface area contributed by atoms with E-state index in [9.17, 15) is 4.79 Å². The summed E-state index contributed by atoms with van der Waals surface area (Å²) in [6.45, 7) is 0. The molecule has 21 heavy (non-hydrogen) atoms. The van der Waals surface area contributed by atoms with Crippen LogP contribution in [0.15, 0.2) is 24.3 Å². The van der Waals surface area contributed by atoms with Crippen molar-refractivity contribution in [2.24, 2.45) is 0 Å². The number of hydrogen-bond acceptors (Lipinski definition) is 6. The molecule has 5 nitrogen and oxygen atoms in total. The van der Waals surface area contributed by atoms with Crippen molar-refractivity contribution in [3.63, 3.8) is 0 Å². The third kappa shape index (κ3) is 4.01. The molecule has 0 amide bonds. The van der Waals surface area contributed by atoms with E-state index in [1.54, 1.807) is 18.9 Å². The lowest BCUT2D eigenvalue weighted by Gasteiger charge is -2.08. The van der Waals surface area contributed by atoms with E-state index in [0.717, 1.165) is 28.0 Å². The Balaban J connectivity index is 2.06. The SMILES string of the molecule is COC(=O)CCSCc1cc2ccc(OC)cc2nc1N. The van der Waals surface area contributed by atoms with Crippen molar-refractivity contribution in [2.45, 2.75) is 12.2 Å². The van der Waals surface area contributed by atoms with E-state index in [4.69, 9.17) is 10.5 Å². The molecule has 0 spiro atoms. The maximum atomic E-state index is 11.0.